The molecule has 1 aliphatic heterocycles. The molecule has 1 aliphatic rings. The van der Waals surface area contributed by atoms with Crippen LogP contribution in [0.3, 0.4) is 0 Å². The zero-order valence-electron chi connectivity index (χ0n) is 16.6. The first kappa shape index (κ1) is 21.0. The van der Waals surface area contributed by atoms with Crippen molar-refractivity contribution < 1.29 is 19.4 Å². The van der Waals surface area contributed by atoms with E-state index in [1.54, 1.807) is 7.11 Å². The fraction of sp³-hybridized carbons (Fsp3) is 0.318. The smallest absolute Gasteiger partial charge is 0.321 e. The number of rotatable bonds is 5. The summed E-state index contributed by atoms with van der Waals surface area (Å²) in [6, 6.07) is 12.8. The lowest BCUT2D eigenvalue weighted by Gasteiger charge is -2.30. The van der Waals surface area contributed by atoms with E-state index in [9.17, 15) is 9.90 Å². The minimum Gasteiger partial charge on any atom is -0.493 e. The van der Waals surface area contributed by atoms with Gasteiger partial charge in [-0.05, 0) is 43.2 Å². The number of halogens is 1. The van der Waals surface area contributed by atoms with Crippen LogP contribution in [0.15, 0.2) is 42.5 Å². The van der Waals surface area contributed by atoms with Gasteiger partial charge in [0.2, 0.25) is 0 Å². The van der Waals surface area contributed by atoms with Crippen molar-refractivity contribution in [3.63, 3.8) is 0 Å². The molecule has 154 valence electrons. The van der Waals surface area contributed by atoms with Crippen molar-refractivity contribution in [3.05, 3.63) is 59.3 Å². The number of fused-ring (bicyclic) bond motifs is 3. The molecule has 3 N–H and O–H groups in total. The van der Waals surface area contributed by atoms with Crippen LogP contribution in [0.25, 0.3) is 10.9 Å². The summed E-state index contributed by atoms with van der Waals surface area (Å²) >= 11 is 0. The Morgan fingerprint density at radius 2 is 1.93 bits per heavy atom. The van der Waals surface area contributed by atoms with Gasteiger partial charge in [-0.2, -0.15) is 0 Å². The summed E-state index contributed by atoms with van der Waals surface area (Å²) < 4.78 is 11.3. The molecule has 4 rings (SSSR count). The Balaban J connectivity index is 0.00000240. The van der Waals surface area contributed by atoms with Crippen molar-refractivity contribution in [2.45, 2.75) is 38.5 Å². The predicted octanol–water partition coefficient (Wildman–Crippen LogP) is 4.07. The quantitative estimate of drug-likeness (QED) is 0.583. The molecule has 6 nitrogen and oxygen atoms in total. The van der Waals surface area contributed by atoms with Crippen molar-refractivity contribution in [1.29, 1.82) is 0 Å². The lowest BCUT2D eigenvalue weighted by atomic mass is 9.90. The normalized spacial score (nSPS) is 18.2. The number of benzene rings is 2. The molecule has 0 saturated carbocycles. The summed E-state index contributed by atoms with van der Waals surface area (Å²) in [6.07, 6.45) is 0.473. The third kappa shape index (κ3) is 3.91. The number of aromatic nitrogens is 1. The summed E-state index contributed by atoms with van der Waals surface area (Å²) in [5.41, 5.74) is 3.98. The summed E-state index contributed by atoms with van der Waals surface area (Å²) in [4.78, 5) is 15.3. The van der Waals surface area contributed by atoms with Crippen LogP contribution in [0.5, 0.6) is 11.5 Å². The minimum atomic E-state index is -0.854. The van der Waals surface area contributed by atoms with Gasteiger partial charge in [0.25, 0.3) is 0 Å². The number of aromatic amines is 1. The van der Waals surface area contributed by atoms with E-state index >= 15 is 0 Å². The molecule has 0 amide bonds. The summed E-state index contributed by atoms with van der Waals surface area (Å²) in [6.45, 7) is 3.93. The van der Waals surface area contributed by atoms with E-state index in [-0.39, 0.29) is 24.6 Å². The molecule has 2 atom stereocenters. The Bertz CT molecular complexity index is 1030. The molecule has 3 aromatic rings. The Morgan fingerprint density at radius 1 is 1.17 bits per heavy atom. The largest absolute Gasteiger partial charge is 0.493 e. The number of hydrogen-bond acceptors (Lipinski definition) is 4. The van der Waals surface area contributed by atoms with Gasteiger partial charge in [-0.3, -0.25) is 10.1 Å². The first-order chi connectivity index (χ1) is 13.5. The molecule has 29 heavy (non-hydrogen) atoms. The van der Waals surface area contributed by atoms with Crippen molar-refractivity contribution in [2.24, 2.45) is 0 Å². The van der Waals surface area contributed by atoms with Gasteiger partial charge in [-0.15, -0.1) is 12.4 Å². The van der Waals surface area contributed by atoms with Gasteiger partial charge in [0.15, 0.2) is 11.5 Å². The molecule has 2 unspecified atom stereocenters. The SMILES string of the molecule is COc1cc(C2NC(C(=O)O)Cc3c2[nH]c2ccccc32)ccc1OC(C)C.Cl. The van der Waals surface area contributed by atoms with E-state index in [1.165, 1.54) is 0 Å². The Hall–Kier alpha value is -2.70. The molecular weight excluding hydrogens is 392 g/mol. The third-order valence-corrected chi connectivity index (χ3v) is 5.09. The molecule has 1 aromatic heterocycles. The van der Waals surface area contributed by atoms with Gasteiger partial charge < -0.3 is 19.6 Å². The van der Waals surface area contributed by atoms with Crippen LogP contribution >= 0.6 is 12.4 Å². The van der Waals surface area contributed by atoms with E-state index in [0.29, 0.717) is 17.9 Å². The highest BCUT2D eigenvalue weighted by Gasteiger charge is 2.34. The lowest BCUT2D eigenvalue weighted by Crippen LogP contribution is -2.44. The van der Waals surface area contributed by atoms with E-state index in [0.717, 1.165) is 27.7 Å². The second-order valence-electron chi connectivity index (χ2n) is 7.33. The third-order valence-electron chi connectivity index (χ3n) is 5.09. The zero-order valence-corrected chi connectivity index (χ0v) is 17.4. The van der Waals surface area contributed by atoms with Gasteiger partial charge >= 0.3 is 5.97 Å². The number of carbonyl (C=O) groups is 1. The Labute approximate surface area is 175 Å². The predicted molar refractivity (Wildman–Crippen MR) is 114 cm³/mol. The molecule has 0 aliphatic carbocycles. The maximum Gasteiger partial charge on any atom is 0.321 e. The molecule has 0 saturated heterocycles. The van der Waals surface area contributed by atoms with Crippen LogP contribution in [0.1, 0.15) is 36.7 Å². The molecule has 2 aromatic carbocycles. The van der Waals surface area contributed by atoms with Crippen LogP contribution in [0.2, 0.25) is 0 Å². The highest BCUT2D eigenvalue weighted by molar-refractivity contribution is 5.87. The van der Waals surface area contributed by atoms with Gasteiger partial charge in [0, 0.05) is 23.0 Å². The van der Waals surface area contributed by atoms with Crippen molar-refractivity contribution in [1.82, 2.24) is 10.3 Å². The molecular formula is C22H25ClN2O4. The van der Waals surface area contributed by atoms with E-state index in [1.807, 2.05) is 56.3 Å². The van der Waals surface area contributed by atoms with Crippen molar-refractivity contribution in [3.8, 4) is 11.5 Å². The molecule has 7 heteroatoms. The number of para-hydroxylation sites is 1. The fourth-order valence-corrected chi connectivity index (χ4v) is 3.87. The number of nitrogens with one attached hydrogen (secondary N) is 2. The Kier molecular flexibility index (Phi) is 6.05. The molecule has 0 radical (unpaired) electrons. The van der Waals surface area contributed by atoms with E-state index in [4.69, 9.17) is 9.47 Å². The topological polar surface area (TPSA) is 83.6 Å². The van der Waals surface area contributed by atoms with Crippen LogP contribution < -0.4 is 14.8 Å². The number of carboxylic acids is 1. The van der Waals surface area contributed by atoms with E-state index < -0.39 is 12.0 Å². The van der Waals surface area contributed by atoms with Gasteiger partial charge in [-0.1, -0.05) is 24.3 Å². The maximum atomic E-state index is 11.8. The molecule has 0 fully saturated rings. The monoisotopic (exact) mass is 416 g/mol. The second kappa shape index (κ2) is 8.35. The highest BCUT2D eigenvalue weighted by atomic mass is 35.5. The standard InChI is InChI=1S/C22H24N2O4.ClH/c1-12(2)28-18-9-8-13(10-19(18)27-3)20-21-15(11-17(24-20)22(25)26)14-6-4-5-7-16(14)23-21;/h4-10,12,17,20,23-24H,11H2,1-3H3,(H,25,26);1H. The molecule has 0 spiro atoms. The van der Waals surface area contributed by atoms with Gasteiger partial charge in [-0.25, -0.2) is 0 Å². The van der Waals surface area contributed by atoms with E-state index in [2.05, 4.69) is 10.3 Å². The Morgan fingerprint density at radius 3 is 2.62 bits per heavy atom. The number of methoxy groups -OCH3 is 1. The lowest BCUT2D eigenvalue weighted by molar-refractivity contribution is -0.139. The number of hydrogen-bond donors (Lipinski definition) is 3. The van der Waals surface area contributed by atoms with Crippen LogP contribution in [-0.4, -0.2) is 35.3 Å². The summed E-state index contributed by atoms with van der Waals surface area (Å²) in [7, 11) is 1.61. The average Bonchev–Trinajstić information content (AvgIpc) is 3.06. The second-order valence-corrected chi connectivity index (χ2v) is 7.33. The molecule has 2 heterocycles. The van der Waals surface area contributed by atoms with Gasteiger partial charge in [0.1, 0.15) is 6.04 Å². The number of aliphatic carboxylic acids is 1. The van der Waals surface area contributed by atoms with Crippen molar-refractivity contribution in [2.75, 3.05) is 7.11 Å². The summed E-state index contributed by atoms with van der Waals surface area (Å²) in [5, 5.41) is 14.0. The van der Waals surface area contributed by atoms with Crippen LogP contribution in [0, 0.1) is 0 Å². The van der Waals surface area contributed by atoms with Gasteiger partial charge in [0.05, 0.1) is 19.3 Å². The fourth-order valence-electron chi connectivity index (χ4n) is 3.87. The first-order valence-corrected chi connectivity index (χ1v) is 9.41. The van der Waals surface area contributed by atoms with Crippen molar-refractivity contribution >= 4 is 29.3 Å². The number of ether oxygens (including phenoxy) is 2. The first-order valence-electron chi connectivity index (χ1n) is 9.41. The summed E-state index contributed by atoms with van der Waals surface area (Å²) in [5.74, 6) is 0.444. The number of H-pyrrole nitrogens is 1. The van der Waals surface area contributed by atoms with Crippen LogP contribution in [-0.2, 0) is 11.2 Å². The average molecular weight is 417 g/mol. The zero-order chi connectivity index (χ0) is 19.8. The maximum absolute atomic E-state index is 11.8. The molecule has 0 bridgehead atoms. The highest BCUT2D eigenvalue weighted by Crippen LogP contribution is 2.38. The van der Waals surface area contributed by atoms with Crippen LogP contribution in [0.4, 0.5) is 0 Å². The minimum absolute atomic E-state index is 0. The number of carboxylic acid groups (broad SMARTS) is 1.